The van der Waals surface area contributed by atoms with Crippen LogP contribution in [0.15, 0.2) is 24.3 Å². The van der Waals surface area contributed by atoms with Crippen molar-refractivity contribution in [3.8, 4) is 6.07 Å². The molecule has 0 aliphatic heterocycles. The minimum Gasteiger partial charge on any atom is -0.305 e. The molecule has 0 aliphatic rings. The molecule has 2 heterocycles. The van der Waals surface area contributed by atoms with Gasteiger partial charge in [0, 0.05) is 0 Å². The number of halogens is 3. The molecule has 1 aromatic carbocycles. The van der Waals surface area contributed by atoms with Crippen LogP contribution in [-0.4, -0.2) is 16.0 Å². The van der Waals surface area contributed by atoms with Gasteiger partial charge in [0.15, 0.2) is 10.9 Å². The second-order valence-corrected chi connectivity index (χ2v) is 5.82. The highest BCUT2D eigenvalue weighted by atomic mass is 35.5. The van der Waals surface area contributed by atoms with Gasteiger partial charge in [0.25, 0.3) is 0 Å². The van der Waals surface area contributed by atoms with Gasteiger partial charge in [0.1, 0.15) is 33.0 Å². The van der Waals surface area contributed by atoms with E-state index in [2.05, 4.69) is 20.6 Å². The van der Waals surface area contributed by atoms with E-state index >= 15 is 0 Å². The first-order valence-electron chi connectivity index (χ1n) is 6.37. The fourth-order valence-electron chi connectivity index (χ4n) is 1.85. The summed E-state index contributed by atoms with van der Waals surface area (Å²) in [6.45, 7) is 0. The van der Waals surface area contributed by atoms with Crippen molar-refractivity contribution >= 4 is 50.1 Å². The maximum atomic E-state index is 13.9. The van der Waals surface area contributed by atoms with Crippen molar-refractivity contribution in [1.82, 2.24) is 9.97 Å². The molecule has 6 nitrogen and oxygen atoms in total. The Bertz CT molecular complexity index is 1000. The number of benzene rings is 1. The van der Waals surface area contributed by atoms with Crippen LogP contribution in [0.25, 0.3) is 10.3 Å². The lowest BCUT2D eigenvalue weighted by Gasteiger charge is -2.07. The third-order valence-electron chi connectivity index (χ3n) is 2.89. The summed E-state index contributed by atoms with van der Waals surface area (Å²) in [7, 11) is 0. The van der Waals surface area contributed by atoms with E-state index in [1.807, 2.05) is 0 Å². The summed E-state index contributed by atoms with van der Waals surface area (Å²) in [6, 6.07) is 5.71. The van der Waals surface area contributed by atoms with Gasteiger partial charge in [-0.05, 0) is 24.3 Å². The number of carbonyl (C=O) groups is 1. The summed E-state index contributed by atoms with van der Waals surface area (Å²) in [5.41, 5.74) is -0.557. The van der Waals surface area contributed by atoms with Gasteiger partial charge in [-0.3, -0.25) is 5.32 Å². The van der Waals surface area contributed by atoms with Crippen molar-refractivity contribution in [2.24, 2.45) is 0 Å². The zero-order chi connectivity index (χ0) is 17.3. The van der Waals surface area contributed by atoms with E-state index in [1.165, 1.54) is 6.07 Å². The highest BCUT2D eigenvalue weighted by Crippen LogP contribution is 2.26. The molecule has 0 aliphatic carbocycles. The van der Waals surface area contributed by atoms with Crippen LogP contribution in [0, 0.1) is 23.0 Å². The van der Waals surface area contributed by atoms with Gasteiger partial charge in [-0.1, -0.05) is 22.9 Å². The van der Waals surface area contributed by atoms with Gasteiger partial charge in [0.2, 0.25) is 0 Å². The molecule has 0 bridgehead atoms. The van der Waals surface area contributed by atoms with Crippen LogP contribution in [0.4, 0.5) is 24.4 Å². The molecule has 2 N–H and O–H groups in total. The Morgan fingerprint density at radius 3 is 2.75 bits per heavy atom. The smallest absolute Gasteiger partial charge is 0.305 e. The quantitative estimate of drug-likeness (QED) is 0.668. The number of thiazole rings is 1. The number of rotatable bonds is 2. The van der Waals surface area contributed by atoms with Gasteiger partial charge in [-0.25, -0.2) is 23.5 Å². The molecule has 24 heavy (non-hydrogen) atoms. The molecule has 0 atom stereocenters. The number of anilines is 2. The van der Waals surface area contributed by atoms with Crippen molar-refractivity contribution in [3.63, 3.8) is 0 Å². The zero-order valence-electron chi connectivity index (χ0n) is 11.6. The minimum atomic E-state index is -1.15. The Morgan fingerprint density at radius 1 is 1.21 bits per heavy atom. The molecule has 0 saturated heterocycles. The monoisotopic (exact) mass is 365 g/mol. The van der Waals surface area contributed by atoms with Crippen molar-refractivity contribution in [2.75, 3.05) is 10.6 Å². The number of hydrogen-bond donors (Lipinski definition) is 2. The van der Waals surface area contributed by atoms with E-state index in [0.717, 1.165) is 23.5 Å². The summed E-state index contributed by atoms with van der Waals surface area (Å²) < 4.78 is 27.2. The van der Waals surface area contributed by atoms with Gasteiger partial charge in [-0.15, -0.1) is 0 Å². The number of carbonyl (C=O) groups excluding carboxylic acids is 1. The van der Waals surface area contributed by atoms with Crippen molar-refractivity contribution in [1.29, 1.82) is 5.26 Å². The number of urea groups is 1. The van der Waals surface area contributed by atoms with Crippen LogP contribution in [0.3, 0.4) is 0 Å². The lowest BCUT2D eigenvalue weighted by atomic mass is 10.2. The van der Waals surface area contributed by atoms with Crippen LogP contribution in [-0.2, 0) is 0 Å². The van der Waals surface area contributed by atoms with E-state index in [1.54, 1.807) is 12.1 Å². The third-order valence-corrected chi connectivity index (χ3v) is 3.98. The summed E-state index contributed by atoms with van der Waals surface area (Å²) in [4.78, 5) is 20.6. The minimum absolute atomic E-state index is 0.222. The van der Waals surface area contributed by atoms with Crippen LogP contribution in [0.2, 0.25) is 5.15 Å². The number of nitrogens with zero attached hydrogens (tertiary/aromatic N) is 3. The molecule has 0 unspecified atom stereocenters. The predicted molar refractivity (Wildman–Crippen MR) is 86.1 cm³/mol. The molecule has 0 fully saturated rings. The SMILES string of the molecule is N#Cc1c(F)ccc(NC(=O)Nc2nc3ccc(Cl)nc3s2)c1F. The van der Waals surface area contributed by atoms with Crippen molar-refractivity contribution < 1.29 is 13.6 Å². The van der Waals surface area contributed by atoms with Crippen LogP contribution >= 0.6 is 22.9 Å². The fraction of sp³-hybridized carbons (Fsp3) is 0. The first kappa shape index (κ1) is 16.0. The molecule has 2 aromatic heterocycles. The predicted octanol–water partition coefficient (Wildman–Crippen LogP) is 4.14. The highest BCUT2D eigenvalue weighted by molar-refractivity contribution is 7.22. The van der Waals surface area contributed by atoms with E-state index in [9.17, 15) is 13.6 Å². The Balaban J connectivity index is 1.79. The normalized spacial score (nSPS) is 10.4. The zero-order valence-corrected chi connectivity index (χ0v) is 13.2. The van der Waals surface area contributed by atoms with Crippen LogP contribution in [0.1, 0.15) is 5.56 Å². The maximum absolute atomic E-state index is 13.9. The topological polar surface area (TPSA) is 90.7 Å². The number of hydrogen-bond acceptors (Lipinski definition) is 5. The fourth-order valence-corrected chi connectivity index (χ4v) is 2.88. The van der Waals surface area contributed by atoms with Crippen LogP contribution in [0.5, 0.6) is 0 Å². The molecule has 10 heteroatoms. The Hall–Kier alpha value is -2.83. The summed E-state index contributed by atoms with van der Waals surface area (Å²) in [5.74, 6) is -2.15. The molecule has 0 radical (unpaired) electrons. The van der Waals surface area contributed by atoms with E-state index in [4.69, 9.17) is 16.9 Å². The molecule has 0 spiro atoms. The van der Waals surface area contributed by atoms with Gasteiger partial charge < -0.3 is 5.32 Å². The molecule has 3 aromatic rings. The van der Waals surface area contributed by atoms with Crippen LogP contribution < -0.4 is 10.6 Å². The second kappa shape index (κ2) is 6.35. The summed E-state index contributed by atoms with van der Waals surface area (Å²) in [5, 5.41) is 13.8. The van der Waals surface area contributed by atoms with Gasteiger partial charge in [-0.2, -0.15) is 5.26 Å². The molecule has 3 rings (SSSR count). The summed E-state index contributed by atoms with van der Waals surface area (Å²) >= 11 is 6.85. The third kappa shape index (κ3) is 3.10. The average Bonchev–Trinajstić information content (AvgIpc) is 2.92. The van der Waals surface area contributed by atoms with Gasteiger partial charge in [0.05, 0.1) is 5.69 Å². The summed E-state index contributed by atoms with van der Waals surface area (Å²) in [6.07, 6.45) is 0. The second-order valence-electron chi connectivity index (χ2n) is 4.45. The Labute approximate surface area is 142 Å². The first-order valence-corrected chi connectivity index (χ1v) is 7.56. The Kier molecular flexibility index (Phi) is 4.24. The number of amides is 2. The number of aromatic nitrogens is 2. The molecular formula is C14H6ClF2N5OS. The van der Waals surface area contributed by atoms with E-state index < -0.39 is 23.2 Å². The van der Waals surface area contributed by atoms with E-state index in [0.29, 0.717) is 15.5 Å². The lowest BCUT2D eigenvalue weighted by molar-refractivity contribution is 0.262. The average molecular weight is 366 g/mol. The highest BCUT2D eigenvalue weighted by Gasteiger charge is 2.16. The van der Waals surface area contributed by atoms with Gasteiger partial charge >= 0.3 is 6.03 Å². The number of fused-ring (bicyclic) bond motifs is 1. The maximum Gasteiger partial charge on any atom is 0.325 e. The van der Waals surface area contributed by atoms with Crippen molar-refractivity contribution in [2.45, 2.75) is 0 Å². The Morgan fingerprint density at radius 2 is 2.00 bits per heavy atom. The number of nitrogens with one attached hydrogen (secondary N) is 2. The molecule has 0 saturated carbocycles. The molecule has 2 amide bonds. The lowest BCUT2D eigenvalue weighted by Crippen LogP contribution is -2.20. The molecular weight excluding hydrogens is 360 g/mol. The largest absolute Gasteiger partial charge is 0.325 e. The van der Waals surface area contributed by atoms with E-state index in [-0.39, 0.29) is 10.8 Å². The first-order chi connectivity index (χ1) is 11.5. The number of pyridine rings is 1. The standard InChI is InChI=1S/C14H6ClF2N5OS/c15-10-4-3-9-12(21-10)24-14(20-9)22-13(23)19-8-2-1-7(16)6(5-18)11(8)17/h1-4H,(H2,19,20,22,23). The number of nitriles is 1. The van der Waals surface area contributed by atoms with Crippen molar-refractivity contribution in [3.05, 3.63) is 46.6 Å². The molecule has 120 valence electrons.